The Bertz CT molecular complexity index is 3440. The summed E-state index contributed by atoms with van der Waals surface area (Å²) >= 11 is 1.77. The molecule has 1 spiro atoms. The largest absolute Gasteiger partial charge is 0.456 e. The highest BCUT2D eigenvalue weighted by molar-refractivity contribution is 7.26. The second-order valence-corrected chi connectivity index (χ2v) is 16.2. The number of hydrogen-bond donors (Lipinski definition) is 0. The van der Waals surface area contributed by atoms with Gasteiger partial charge in [0, 0.05) is 32.0 Å². The third kappa shape index (κ3) is 4.15. The van der Waals surface area contributed by atoms with E-state index >= 15 is 0 Å². The van der Waals surface area contributed by atoms with Gasteiger partial charge in [0.15, 0.2) is 5.82 Å². The molecule has 57 heavy (non-hydrogen) atoms. The second kappa shape index (κ2) is 11.5. The van der Waals surface area contributed by atoms with E-state index in [1.54, 1.807) is 11.3 Å². The summed E-state index contributed by atoms with van der Waals surface area (Å²) in [5, 5.41) is 3.22. The van der Waals surface area contributed by atoms with E-state index in [-0.39, 0.29) is 0 Å². The van der Waals surface area contributed by atoms with E-state index < -0.39 is 5.41 Å². The summed E-state index contributed by atoms with van der Waals surface area (Å²) in [6.45, 7) is 0. The van der Waals surface area contributed by atoms with Crippen LogP contribution in [0.5, 0.6) is 0 Å². The van der Waals surface area contributed by atoms with Gasteiger partial charge in [0.25, 0.3) is 0 Å². The molecule has 0 fully saturated rings. The average Bonchev–Trinajstić information content (AvgIpc) is 4.01. The average molecular weight is 743 g/mol. The van der Waals surface area contributed by atoms with Crippen LogP contribution in [0.25, 0.3) is 98.3 Å². The first-order valence-electron chi connectivity index (χ1n) is 19.4. The van der Waals surface area contributed by atoms with Crippen LogP contribution < -0.4 is 0 Å². The minimum Gasteiger partial charge on any atom is -0.456 e. The van der Waals surface area contributed by atoms with Gasteiger partial charge in [-0.05, 0) is 86.0 Å². The summed E-state index contributed by atoms with van der Waals surface area (Å²) in [7, 11) is 0. The molecule has 4 heteroatoms. The van der Waals surface area contributed by atoms with Gasteiger partial charge < -0.3 is 4.42 Å². The molecule has 0 saturated carbocycles. The van der Waals surface area contributed by atoms with Crippen molar-refractivity contribution in [1.82, 2.24) is 9.97 Å². The Morgan fingerprint density at radius 2 is 1.02 bits per heavy atom. The highest BCUT2D eigenvalue weighted by Gasteiger charge is 2.51. The van der Waals surface area contributed by atoms with Crippen LogP contribution in [0.2, 0.25) is 0 Å². The van der Waals surface area contributed by atoms with Gasteiger partial charge in [0.2, 0.25) is 0 Å². The maximum atomic E-state index is 6.56. The van der Waals surface area contributed by atoms with Crippen LogP contribution in [0.1, 0.15) is 22.3 Å². The van der Waals surface area contributed by atoms with Crippen LogP contribution in [-0.4, -0.2) is 9.97 Å². The third-order valence-electron chi connectivity index (χ3n) is 12.3. The predicted octanol–water partition coefficient (Wildman–Crippen LogP) is 14.1. The van der Waals surface area contributed by atoms with Crippen LogP contribution in [-0.2, 0) is 5.41 Å². The minimum absolute atomic E-state index is 0.396. The van der Waals surface area contributed by atoms with Crippen molar-refractivity contribution in [1.29, 1.82) is 0 Å². The van der Waals surface area contributed by atoms with E-state index in [9.17, 15) is 0 Å². The molecule has 0 radical (unpaired) electrons. The van der Waals surface area contributed by atoms with Crippen LogP contribution in [0, 0.1) is 0 Å². The van der Waals surface area contributed by atoms with Crippen LogP contribution in [0.15, 0.2) is 186 Å². The molecule has 0 bridgehead atoms. The van der Waals surface area contributed by atoms with Crippen molar-refractivity contribution in [3.8, 4) is 56.0 Å². The maximum absolute atomic E-state index is 6.56. The summed E-state index contributed by atoms with van der Waals surface area (Å²) in [5.41, 5.74) is 17.9. The van der Waals surface area contributed by atoms with E-state index in [1.807, 2.05) is 12.1 Å². The van der Waals surface area contributed by atoms with Crippen molar-refractivity contribution in [3.63, 3.8) is 0 Å². The maximum Gasteiger partial charge on any atom is 0.161 e. The second-order valence-electron chi connectivity index (χ2n) is 15.2. The molecule has 3 heterocycles. The SMILES string of the molecule is c1ccc(-c2cc(-c3nc(-c4ccc5c(c4)-c4ccccc4C54c5ccccc5-c5ccccc54)c4sc5ccccc5c4n3)c3c(c2)oc2ccccc23)cc1. The Kier molecular flexibility index (Phi) is 6.25. The fourth-order valence-electron chi connectivity index (χ4n) is 9.98. The summed E-state index contributed by atoms with van der Waals surface area (Å²) in [5.74, 6) is 0.686. The smallest absolute Gasteiger partial charge is 0.161 e. The normalized spacial score (nSPS) is 13.4. The Hall–Kier alpha value is -7.14. The number of benzene rings is 8. The molecule has 0 aliphatic heterocycles. The van der Waals surface area contributed by atoms with Gasteiger partial charge in [-0.25, -0.2) is 9.97 Å². The van der Waals surface area contributed by atoms with Gasteiger partial charge in [-0.3, -0.25) is 0 Å². The van der Waals surface area contributed by atoms with Crippen molar-refractivity contribution >= 4 is 53.6 Å². The fraction of sp³-hybridized carbons (Fsp3) is 0.0189. The zero-order valence-corrected chi connectivity index (χ0v) is 31.3. The van der Waals surface area contributed by atoms with Crippen molar-refractivity contribution in [2.75, 3.05) is 0 Å². The molecule has 0 unspecified atom stereocenters. The van der Waals surface area contributed by atoms with Gasteiger partial charge in [-0.2, -0.15) is 0 Å². The van der Waals surface area contributed by atoms with Crippen molar-refractivity contribution in [2.45, 2.75) is 5.41 Å². The Balaban J connectivity index is 1.11. The molecule has 0 amide bonds. The standard InChI is InChI=1S/C53H30N2OS/c1-2-14-31(15-3-1)33-29-40(48-37-19-7-12-24-45(37)56-46(48)30-33)52-54-49(51-50(55-52)38-20-8-13-25-47(38)57-51)32-26-27-44-39(28-32)36-18-6-11-23-43(36)53(44)41-21-9-4-16-34(41)35-17-5-10-22-42(35)53/h1-30H. The van der Waals surface area contributed by atoms with Gasteiger partial charge in [-0.15, -0.1) is 11.3 Å². The van der Waals surface area contributed by atoms with Crippen molar-refractivity contribution < 1.29 is 4.42 Å². The zero-order valence-electron chi connectivity index (χ0n) is 30.5. The number of rotatable bonds is 3. The number of thiophene rings is 1. The first kappa shape index (κ1) is 31.1. The first-order valence-corrected chi connectivity index (χ1v) is 20.2. The highest BCUT2D eigenvalue weighted by Crippen LogP contribution is 2.63. The lowest BCUT2D eigenvalue weighted by atomic mass is 9.70. The number of aromatic nitrogens is 2. The zero-order chi connectivity index (χ0) is 37.2. The third-order valence-corrected chi connectivity index (χ3v) is 13.5. The van der Waals surface area contributed by atoms with Gasteiger partial charge in [0.1, 0.15) is 11.2 Å². The molecule has 0 atom stereocenters. The first-order chi connectivity index (χ1) is 28.3. The molecule has 0 N–H and O–H groups in total. The molecular weight excluding hydrogens is 713 g/mol. The monoisotopic (exact) mass is 742 g/mol. The van der Waals surface area contributed by atoms with E-state index in [0.29, 0.717) is 5.82 Å². The van der Waals surface area contributed by atoms with Crippen molar-refractivity contribution in [3.05, 3.63) is 204 Å². The Morgan fingerprint density at radius 1 is 0.421 bits per heavy atom. The lowest BCUT2D eigenvalue weighted by molar-refractivity contribution is 0.669. The molecule has 2 aliphatic rings. The van der Waals surface area contributed by atoms with Gasteiger partial charge in [-0.1, -0.05) is 152 Å². The van der Waals surface area contributed by atoms with Crippen molar-refractivity contribution in [2.24, 2.45) is 0 Å². The lowest BCUT2D eigenvalue weighted by Crippen LogP contribution is -2.25. The Morgan fingerprint density at radius 3 is 1.77 bits per heavy atom. The molecule has 264 valence electrons. The topological polar surface area (TPSA) is 38.9 Å². The van der Waals surface area contributed by atoms with Crippen LogP contribution in [0.4, 0.5) is 0 Å². The molecular formula is C53H30N2OS. The molecule has 0 saturated heterocycles. The molecule has 3 aromatic heterocycles. The summed E-state index contributed by atoms with van der Waals surface area (Å²) < 4.78 is 8.84. The van der Waals surface area contributed by atoms with Gasteiger partial charge >= 0.3 is 0 Å². The molecule has 11 aromatic rings. The Labute approximate surface area is 332 Å². The van der Waals surface area contributed by atoms with Crippen LogP contribution in [0.3, 0.4) is 0 Å². The number of furan rings is 1. The summed E-state index contributed by atoms with van der Waals surface area (Å²) in [6, 6.07) is 65.8. The number of fused-ring (bicyclic) bond motifs is 16. The number of para-hydroxylation sites is 1. The molecule has 8 aromatic carbocycles. The summed E-state index contributed by atoms with van der Waals surface area (Å²) in [6.07, 6.45) is 0. The van der Waals surface area contributed by atoms with E-state index in [0.717, 1.165) is 65.5 Å². The molecule has 2 aliphatic carbocycles. The number of hydrogen-bond acceptors (Lipinski definition) is 4. The van der Waals surface area contributed by atoms with E-state index in [2.05, 4.69) is 170 Å². The fourth-order valence-corrected chi connectivity index (χ4v) is 11.1. The van der Waals surface area contributed by atoms with Gasteiger partial charge in [0.05, 0.1) is 21.3 Å². The highest BCUT2D eigenvalue weighted by atomic mass is 32.1. The lowest BCUT2D eigenvalue weighted by Gasteiger charge is -2.30. The van der Waals surface area contributed by atoms with Crippen LogP contribution >= 0.6 is 11.3 Å². The predicted molar refractivity (Wildman–Crippen MR) is 235 cm³/mol. The van der Waals surface area contributed by atoms with E-state index in [4.69, 9.17) is 14.4 Å². The molecule has 3 nitrogen and oxygen atoms in total. The van der Waals surface area contributed by atoms with E-state index in [1.165, 1.54) is 49.2 Å². The number of nitrogens with zero attached hydrogens (tertiary/aromatic N) is 2. The molecule has 13 rings (SSSR count). The summed E-state index contributed by atoms with van der Waals surface area (Å²) in [4.78, 5) is 11.1. The quantitative estimate of drug-likeness (QED) is 0.181. The minimum atomic E-state index is -0.396.